The molecule has 5 rings (SSSR count). The molecular weight excluding hydrogens is 338 g/mol. The molecular formula is C22H27N3O2. The molecule has 3 fully saturated rings. The minimum absolute atomic E-state index is 0.147. The van der Waals surface area contributed by atoms with Crippen LogP contribution in [0.25, 0.3) is 10.9 Å². The number of hydrogen-bond acceptors (Lipinski definition) is 3. The molecule has 1 unspecified atom stereocenters. The van der Waals surface area contributed by atoms with Gasteiger partial charge >= 0.3 is 0 Å². The number of piperidine rings is 1. The van der Waals surface area contributed by atoms with E-state index in [1.54, 1.807) is 6.20 Å². The summed E-state index contributed by atoms with van der Waals surface area (Å²) in [5.74, 6) is 0.473. The van der Waals surface area contributed by atoms with Crippen molar-refractivity contribution in [3.05, 3.63) is 46.2 Å². The lowest BCUT2D eigenvalue weighted by molar-refractivity contribution is 0.0881. The quantitative estimate of drug-likeness (QED) is 0.906. The van der Waals surface area contributed by atoms with Gasteiger partial charge in [0.15, 0.2) is 0 Å². The maximum absolute atomic E-state index is 13.0. The summed E-state index contributed by atoms with van der Waals surface area (Å²) in [5.41, 5.74) is 1.08. The SMILES string of the molecule is CN1[C@@H]2CC[C@H]1CC(NC(=O)c1cn(CC3CC3)c3ccccc3c1=O)C2. The number of aromatic nitrogens is 1. The molecule has 3 aliphatic rings. The van der Waals surface area contributed by atoms with Crippen molar-refractivity contribution < 1.29 is 4.79 Å². The van der Waals surface area contributed by atoms with Crippen LogP contribution in [-0.4, -0.2) is 40.5 Å². The Labute approximate surface area is 159 Å². The van der Waals surface area contributed by atoms with Crippen molar-refractivity contribution in [1.82, 2.24) is 14.8 Å². The Balaban J connectivity index is 1.44. The third-order valence-electron chi connectivity index (χ3n) is 6.82. The van der Waals surface area contributed by atoms with E-state index < -0.39 is 0 Å². The summed E-state index contributed by atoms with van der Waals surface area (Å²) in [6.45, 7) is 0.888. The molecule has 0 radical (unpaired) electrons. The molecule has 1 N–H and O–H groups in total. The third-order valence-corrected chi connectivity index (χ3v) is 6.82. The van der Waals surface area contributed by atoms with Gasteiger partial charge < -0.3 is 14.8 Å². The van der Waals surface area contributed by atoms with Gasteiger partial charge in [-0.05, 0) is 63.6 Å². The molecule has 1 aromatic heterocycles. The maximum Gasteiger partial charge on any atom is 0.256 e. The van der Waals surface area contributed by atoms with Gasteiger partial charge in [-0.3, -0.25) is 9.59 Å². The second-order valence-corrected chi connectivity index (χ2v) is 8.68. The first-order valence-electron chi connectivity index (χ1n) is 10.2. The number of hydrogen-bond donors (Lipinski definition) is 1. The average molecular weight is 365 g/mol. The zero-order valence-electron chi connectivity index (χ0n) is 15.9. The van der Waals surface area contributed by atoms with E-state index in [1.807, 2.05) is 24.3 Å². The molecule has 2 aliphatic heterocycles. The van der Waals surface area contributed by atoms with Gasteiger partial charge in [0.2, 0.25) is 5.43 Å². The first-order valence-corrected chi connectivity index (χ1v) is 10.2. The summed E-state index contributed by atoms with van der Waals surface area (Å²) in [6, 6.07) is 8.97. The predicted molar refractivity (Wildman–Crippen MR) is 106 cm³/mol. The molecule has 5 heteroatoms. The van der Waals surface area contributed by atoms with Crippen LogP contribution in [0.3, 0.4) is 0 Å². The molecule has 1 aliphatic carbocycles. The number of benzene rings is 1. The lowest BCUT2D eigenvalue weighted by Crippen LogP contribution is -2.49. The normalized spacial score (nSPS) is 27.8. The number of carbonyl (C=O) groups is 1. The monoisotopic (exact) mass is 365 g/mol. The van der Waals surface area contributed by atoms with Crippen molar-refractivity contribution in [3.63, 3.8) is 0 Å². The van der Waals surface area contributed by atoms with E-state index >= 15 is 0 Å². The predicted octanol–water partition coefficient (Wildman–Crippen LogP) is 2.77. The van der Waals surface area contributed by atoms with Crippen molar-refractivity contribution in [2.24, 2.45) is 5.92 Å². The average Bonchev–Trinajstić information content (AvgIpc) is 3.45. The molecule has 142 valence electrons. The lowest BCUT2D eigenvalue weighted by atomic mass is 9.97. The van der Waals surface area contributed by atoms with E-state index in [0.717, 1.165) is 24.9 Å². The van der Waals surface area contributed by atoms with Crippen LogP contribution in [0.15, 0.2) is 35.3 Å². The van der Waals surface area contributed by atoms with Crippen molar-refractivity contribution in [2.45, 2.75) is 63.2 Å². The number of rotatable bonds is 4. The van der Waals surface area contributed by atoms with Gasteiger partial charge in [0.1, 0.15) is 5.56 Å². The second-order valence-electron chi connectivity index (χ2n) is 8.68. The van der Waals surface area contributed by atoms with E-state index in [2.05, 4.69) is 21.8 Å². The highest BCUT2D eigenvalue weighted by molar-refractivity contribution is 5.97. The number of para-hydroxylation sites is 1. The summed E-state index contributed by atoms with van der Waals surface area (Å²) in [5, 5.41) is 3.83. The Morgan fingerprint density at radius 3 is 2.52 bits per heavy atom. The van der Waals surface area contributed by atoms with E-state index in [-0.39, 0.29) is 17.4 Å². The van der Waals surface area contributed by atoms with Crippen LogP contribution in [0.4, 0.5) is 0 Å². The Kier molecular flexibility index (Phi) is 4.08. The number of amides is 1. The Morgan fingerprint density at radius 1 is 1.11 bits per heavy atom. The molecule has 1 saturated carbocycles. The van der Waals surface area contributed by atoms with Crippen LogP contribution >= 0.6 is 0 Å². The molecule has 1 amide bonds. The molecule has 2 aromatic rings. The molecule has 0 spiro atoms. The smallest absolute Gasteiger partial charge is 0.256 e. The van der Waals surface area contributed by atoms with Crippen molar-refractivity contribution >= 4 is 16.8 Å². The minimum Gasteiger partial charge on any atom is -0.349 e. The fourth-order valence-corrected chi connectivity index (χ4v) is 5.03. The zero-order chi connectivity index (χ0) is 18.5. The van der Waals surface area contributed by atoms with Crippen molar-refractivity contribution in [2.75, 3.05) is 7.05 Å². The number of fused-ring (bicyclic) bond motifs is 3. The first kappa shape index (κ1) is 17.0. The molecule has 2 saturated heterocycles. The molecule has 2 bridgehead atoms. The number of pyridine rings is 1. The van der Waals surface area contributed by atoms with Crippen LogP contribution in [0.2, 0.25) is 0 Å². The lowest BCUT2D eigenvalue weighted by Gasteiger charge is -2.36. The molecule has 1 aromatic carbocycles. The van der Waals surface area contributed by atoms with E-state index in [0.29, 0.717) is 29.0 Å². The topological polar surface area (TPSA) is 54.3 Å². The minimum atomic E-state index is -0.204. The standard InChI is InChI=1S/C22H27N3O2/c1-24-16-8-9-17(24)11-15(10-16)23-22(27)19-13-25(12-14-6-7-14)20-5-3-2-4-18(20)21(19)26/h2-5,13-17H,6-12H2,1H3,(H,23,27)/t15?,16-,17+. The molecule has 3 heterocycles. The molecule has 27 heavy (non-hydrogen) atoms. The highest BCUT2D eigenvalue weighted by Crippen LogP contribution is 2.34. The van der Waals surface area contributed by atoms with Gasteiger partial charge in [-0.25, -0.2) is 0 Å². The summed E-state index contributed by atoms with van der Waals surface area (Å²) >= 11 is 0. The summed E-state index contributed by atoms with van der Waals surface area (Å²) in [7, 11) is 2.19. The molecule has 3 atom stereocenters. The van der Waals surface area contributed by atoms with Crippen LogP contribution < -0.4 is 10.7 Å². The van der Waals surface area contributed by atoms with Gasteiger partial charge in [0.25, 0.3) is 5.91 Å². The zero-order valence-corrected chi connectivity index (χ0v) is 15.9. The van der Waals surface area contributed by atoms with Gasteiger partial charge in [0.05, 0.1) is 5.52 Å². The van der Waals surface area contributed by atoms with Crippen LogP contribution in [0, 0.1) is 5.92 Å². The van der Waals surface area contributed by atoms with Crippen LogP contribution in [-0.2, 0) is 6.54 Å². The third kappa shape index (κ3) is 3.08. The number of carbonyl (C=O) groups excluding carboxylic acids is 1. The van der Waals surface area contributed by atoms with Gasteiger partial charge in [-0.1, -0.05) is 12.1 Å². The van der Waals surface area contributed by atoms with E-state index in [9.17, 15) is 9.59 Å². The van der Waals surface area contributed by atoms with Crippen molar-refractivity contribution in [1.29, 1.82) is 0 Å². The highest BCUT2D eigenvalue weighted by Gasteiger charge is 2.39. The van der Waals surface area contributed by atoms with Gasteiger partial charge in [0, 0.05) is 36.3 Å². The highest BCUT2D eigenvalue weighted by atomic mass is 16.2. The van der Waals surface area contributed by atoms with E-state index in [4.69, 9.17) is 0 Å². The fourth-order valence-electron chi connectivity index (χ4n) is 5.03. The Hall–Kier alpha value is -2.14. The molecule has 5 nitrogen and oxygen atoms in total. The summed E-state index contributed by atoms with van der Waals surface area (Å²) in [4.78, 5) is 28.4. The van der Waals surface area contributed by atoms with Crippen molar-refractivity contribution in [3.8, 4) is 0 Å². The number of nitrogens with zero attached hydrogens (tertiary/aromatic N) is 2. The van der Waals surface area contributed by atoms with Crippen LogP contribution in [0.1, 0.15) is 48.9 Å². The fraction of sp³-hybridized carbons (Fsp3) is 0.545. The van der Waals surface area contributed by atoms with E-state index in [1.165, 1.54) is 25.7 Å². The maximum atomic E-state index is 13.0. The van der Waals surface area contributed by atoms with Gasteiger partial charge in [-0.2, -0.15) is 0 Å². The largest absolute Gasteiger partial charge is 0.349 e. The second kappa shape index (κ2) is 6.48. The first-order chi connectivity index (χ1) is 13.1. The van der Waals surface area contributed by atoms with Gasteiger partial charge in [-0.15, -0.1) is 0 Å². The summed E-state index contributed by atoms with van der Waals surface area (Å²) in [6.07, 6.45) is 8.68. The van der Waals surface area contributed by atoms with Crippen LogP contribution in [0.5, 0.6) is 0 Å². The Morgan fingerprint density at radius 2 is 1.81 bits per heavy atom. The Bertz CT molecular complexity index is 932. The summed E-state index contributed by atoms with van der Waals surface area (Å²) < 4.78 is 2.11. The number of nitrogens with one attached hydrogen (secondary N) is 1.